The van der Waals surface area contributed by atoms with Gasteiger partial charge in [0.1, 0.15) is 0 Å². The molecule has 98 valence electrons. The van der Waals surface area contributed by atoms with Crippen LogP contribution in [-0.4, -0.2) is 37.5 Å². The molecule has 1 aliphatic rings. The van der Waals surface area contributed by atoms with Crippen molar-refractivity contribution in [3.05, 3.63) is 28.8 Å². The first-order chi connectivity index (χ1) is 8.61. The van der Waals surface area contributed by atoms with Crippen molar-refractivity contribution in [2.75, 3.05) is 31.6 Å². The molecule has 0 atom stereocenters. The van der Waals surface area contributed by atoms with Gasteiger partial charge in [-0.3, -0.25) is 4.79 Å². The highest BCUT2D eigenvalue weighted by atomic mass is 35.5. The molecular weight excluding hydrogens is 250 g/mol. The number of halogens is 1. The number of carbonyl (C=O) groups is 1. The molecule has 0 spiro atoms. The molecule has 1 aromatic rings. The van der Waals surface area contributed by atoms with Crippen molar-refractivity contribution in [1.82, 2.24) is 4.90 Å². The summed E-state index contributed by atoms with van der Waals surface area (Å²) < 4.78 is 0. The number of likely N-dealkylation sites (N-methyl/N-ethyl adjacent to an activating group) is 1. The Labute approximate surface area is 112 Å². The molecule has 0 aromatic heterocycles. The highest BCUT2D eigenvalue weighted by Gasteiger charge is 2.20. The minimum Gasteiger partial charge on any atom is -0.362 e. The van der Waals surface area contributed by atoms with Crippen LogP contribution in [0.3, 0.4) is 0 Å². The predicted molar refractivity (Wildman–Crippen MR) is 73.8 cm³/mol. The Morgan fingerprint density at radius 3 is 2.89 bits per heavy atom. The topological polar surface area (TPSA) is 49.6 Å². The van der Waals surface area contributed by atoms with E-state index in [1.54, 1.807) is 4.90 Å². The number of amides is 1. The van der Waals surface area contributed by atoms with Gasteiger partial charge < -0.3 is 15.5 Å². The van der Waals surface area contributed by atoms with Crippen molar-refractivity contribution in [3.63, 3.8) is 0 Å². The molecule has 1 aliphatic heterocycles. The second-order valence-corrected chi connectivity index (χ2v) is 5.00. The summed E-state index contributed by atoms with van der Waals surface area (Å²) in [5.74, 6) is 0.135. The highest BCUT2D eigenvalue weighted by molar-refractivity contribution is 6.30. The maximum absolute atomic E-state index is 11.9. The van der Waals surface area contributed by atoms with Gasteiger partial charge in [-0.25, -0.2) is 0 Å². The number of nitrogens with zero attached hydrogens (tertiary/aromatic N) is 2. The van der Waals surface area contributed by atoms with E-state index >= 15 is 0 Å². The van der Waals surface area contributed by atoms with E-state index in [0.29, 0.717) is 18.1 Å². The SMILES string of the molecule is CN1CCCN(c2cc(Cl)ccc2CN)CC1=O. The molecule has 1 fully saturated rings. The Kier molecular flexibility index (Phi) is 4.09. The van der Waals surface area contributed by atoms with Crippen molar-refractivity contribution < 1.29 is 4.79 Å². The van der Waals surface area contributed by atoms with Crippen molar-refractivity contribution in [2.24, 2.45) is 5.73 Å². The first-order valence-electron chi connectivity index (χ1n) is 6.09. The second-order valence-electron chi connectivity index (χ2n) is 4.57. The molecule has 4 nitrogen and oxygen atoms in total. The Morgan fingerprint density at radius 2 is 2.17 bits per heavy atom. The molecule has 2 rings (SSSR count). The van der Waals surface area contributed by atoms with Crippen LogP contribution in [-0.2, 0) is 11.3 Å². The van der Waals surface area contributed by atoms with Gasteiger partial charge in [0, 0.05) is 37.4 Å². The third-order valence-corrected chi connectivity index (χ3v) is 3.52. The molecule has 0 bridgehead atoms. The molecule has 1 aromatic carbocycles. The van der Waals surface area contributed by atoms with Crippen molar-refractivity contribution in [2.45, 2.75) is 13.0 Å². The minimum atomic E-state index is 0.135. The van der Waals surface area contributed by atoms with Crippen molar-refractivity contribution in [1.29, 1.82) is 0 Å². The van der Waals surface area contributed by atoms with Crippen LogP contribution in [0.5, 0.6) is 0 Å². The fourth-order valence-electron chi connectivity index (χ4n) is 2.20. The zero-order chi connectivity index (χ0) is 13.1. The summed E-state index contributed by atoms with van der Waals surface area (Å²) in [5, 5.41) is 0.673. The molecule has 1 heterocycles. The van der Waals surface area contributed by atoms with Crippen LogP contribution in [0, 0.1) is 0 Å². The van der Waals surface area contributed by atoms with Crippen LogP contribution in [0.25, 0.3) is 0 Å². The van der Waals surface area contributed by atoms with E-state index in [0.717, 1.165) is 30.8 Å². The van der Waals surface area contributed by atoms with Crippen molar-refractivity contribution >= 4 is 23.2 Å². The molecule has 1 saturated heterocycles. The molecular formula is C13H18ClN3O. The van der Waals surface area contributed by atoms with Crippen molar-refractivity contribution in [3.8, 4) is 0 Å². The molecule has 5 heteroatoms. The standard InChI is InChI=1S/C13H18ClN3O/c1-16-5-2-6-17(9-13(16)18)12-7-11(14)4-3-10(12)8-15/h3-4,7H,2,5-6,8-9,15H2,1H3. The quantitative estimate of drug-likeness (QED) is 0.883. The number of nitrogens with two attached hydrogens (primary N) is 1. The third kappa shape index (κ3) is 2.76. The van der Waals surface area contributed by atoms with Crippen LogP contribution in [0.1, 0.15) is 12.0 Å². The molecule has 0 radical (unpaired) electrons. The number of hydrogen-bond acceptors (Lipinski definition) is 3. The van der Waals surface area contributed by atoms with E-state index < -0.39 is 0 Å². The Morgan fingerprint density at radius 1 is 1.39 bits per heavy atom. The molecule has 18 heavy (non-hydrogen) atoms. The first-order valence-corrected chi connectivity index (χ1v) is 6.47. The summed E-state index contributed by atoms with van der Waals surface area (Å²) in [7, 11) is 1.84. The lowest BCUT2D eigenvalue weighted by molar-refractivity contribution is -0.127. The zero-order valence-electron chi connectivity index (χ0n) is 10.5. The van der Waals surface area contributed by atoms with Crippen LogP contribution < -0.4 is 10.6 Å². The number of hydrogen-bond donors (Lipinski definition) is 1. The summed E-state index contributed by atoms with van der Waals surface area (Å²) in [6.45, 7) is 2.49. The van der Waals surface area contributed by atoms with Gasteiger partial charge in [-0.05, 0) is 24.1 Å². The van der Waals surface area contributed by atoms with Crippen LogP contribution >= 0.6 is 11.6 Å². The van der Waals surface area contributed by atoms with Gasteiger partial charge in [-0.2, -0.15) is 0 Å². The van der Waals surface area contributed by atoms with Crippen LogP contribution in [0.2, 0.25) is 5.02 Å². The maximum atomic E-state index is 11.9. The zero-order valence-corrected chi connectivity index (χ0v) is 11.3. The van der Waals surface area contributed by atoms with E-state index in [2.05, 4.69) is 4.90 Å². The predicted octanol–water partition coefficient (Wildman–Crippen LogP) is 1.47. The summed E-state index contributed by atoms with van der Waals surface area (Å²) >= 11 is 6.04. The maximum Gasteiger partial charge on any atom is 0.241 e. The average molecular weight is 268 g/mol. The Balaban J connectivity index is 2.29. The fourth-order valence-corrected chi connectivity index (χ4v) is 2.36. The highest BCUT2D eigenvalue weighted by Crippen LogP contribution is 2.25. The lowest BCUT2D eigenvalue weighted by Gasteiger charge is -2.24. The Bertz CT molecular complexity index is 450. The lowest BCUT2D eigenvalue weighted by atomic mass is 10.1. The Hall–Kier alpha value is -1.26. The van der Waals surface area contributed by atoms with E-state index in [4.69, 9.17) is 17.3 Å². The number of benzene rings is 1. The lowest BCUT2D eigenvalue weighted by Crippen LogP contribution is -2.34. The van der Waals surface area contributed by atoms with E-state index in [-0.39, 0.29) is 5.91 Å². The van der Waals surface area contributed by atoms with Gasteiger partial charge in [0.25, 0.3) is 0 Å². The number of carbonyl (C=O) groups excluding carboxylic acids is 1. The largest absolute Gasteiger partial charge is 0.362 e. The summed E-state index contributed by atoms with van der Waals surface area (Å²) in [4.78, 5) is 15.7. The number of rotatable bonds is 2. The van der Waals surface area contributed by atoms with Gasteiger partial charge >= 0.3 is 0 Å². The van der Waals surface area contributed by atoms with E-state index in [1.165, 1.54) is 0 Å². The van der Waals surface area contributed by atoms with Gasteiger partial charge in [0.15, 0.2) is 0 Å². The second kappa shape index (κ2) is 5.59. The normalized spacial score (nSPS) is 16.9. The van der Waals surface area contributed by atoms with Gasteiger partial charge in [0.05, 0.1) is 6.54 Å². The van der Waals surface area contributed by atoms with Gasteiger partial charge in [-0.15, -0.1) is 0 Å². The summed E-state index contributed by atoms with van der Waals surface area (Å²) in [6.07, 6.45) is 0.957. The third-order valence-electron chi connectivity index (χ3n) is 3.28. The molecule has 0 unspecified atom stereocenters. The first kappa shape index (κ1) is 13.2. The molecule has 2 N–H and O–H groups in total. The number of anilines is 1. The fraction of sp³-hybridized carbons (Fsp3) is 0.462. The molecule has 1 amide bonds. The summed E-state index contributed by atoms with van der Waals surface area (Å²) in [5.41, 5.74) is 7.75. The smallest absolute Gasteiger partial charge is 0.241 e. The monoisotopic (exact) mass is 267 g/mol. The van der Waals surface area contributed by atoms with Crippen LogP contribution in [0.4, 0.5) is 5.69 Å². The molecule has 0 saturated carbocycles. The summed E-state index contributed by atoms with van der Waals surface area (Å²) in [6, 6.07) is 5.65. The van der Waals surface area contributed by atoms with E-state index in [1.807, 2.05) is 25.2 Å². The van der Waals surface area contributed by atoms with Gasteiger partial charge in [-0.1, -0.05) is 17.7 Å². The van der Waals surface area contributed by atoms with Crippen LogP contribution in [0.15, 0.2) is 18.2 Å². The minimum absolute atomic E-state index is 0.135. The molecule has 0 aliphatic carbocycles. The van der Waals surface area contributed by atoms with Gasteiger partial charge in [0.2, 0.25) is 5.91 Å². The average Bonchev–Trinajstić information content (AvgIpc) is 2.52. The van der Waals surface area contributed by atoms with E-state index in [9.17, 15) is 4.79 Å².